The Bertz CT molecular complexity index is 1240. The van der Waals surface area contributed by atoms with E-state index in [-0.39, 0.29) is 11.9 Å². The van der Waals surface area contributed by atoms with E-state index < -0.39 is 0 Å². The minimum absolute atomic E-state index is 0.0325. The fourth-order valence-corrected chi connectivity index (χ4v) is 5.65. The number of hydrogen-bond acceptors (Lipinski definition) is 4. The van der Waals surface area contributed by atoms with Crippen LogP contribution < -0.4 is 10.2 Å². The number of fused-ring (bicyclic) bond motifs is 2. The zero-order chi connectivity index (χ0) is 22.6. The molecule has 5 nitrogen and oxygen atoms in total. The number of morpholine rings is 1. The number of amides is 1. The van der Waals surface area contributed by atoms with Crippen LogP contribution in [0.25, 0.3) is 21.0 Å². The molecule has 5 rings (SSSR count). The van der Waals surface area contributed by atoms with Gasteiger partial charge in [-0.05, 0) is 48.1 Å². The molecule has 2 N–H and O–H groups in total. The smallest absolute Gasteiger partial charge is 0.261 e. The number of nitrogens with zero attached hydrogens (tertiary/aromatic N) is 1. The molecule has 0 saturated carbocycles. The topological polar surface area (TPSA) is 57.4 Å². The molecular formula is C27H31N3O2S. The van der Waals surface area contributed by atoms with Crippen LogP contribution >= 0.6 is 11.3 Å². The maximum atomic E-state index is 13.2. The van der Waals surface area contributed by atoms with Gasteiger partial charge in [0, 0.05) is 46.6 Å². The number of unbranched alkanes of at least 4 members (excludes halogenated alkanes) is 1. The van der Waals surface area contributed by atoms with Crippen LogP contribution in [0.15, 0.2) is 54.7 Å². The number of carbonyl (C=O) groups is 1. The van der Waals surface area contributed by atoms with Gasteiger partial charge in [0.2, 0.25) is 0 Å². The number of benzene rings is 2. The van der Waals surface area contributed by atoms with Crippen molar-refractivity contribution < 1.29 is 9.53 Å². The molecule has 2 aromatic heterocycles. The first-order valence-electron chi connectivity index (χ1n) is 11.9. The minimum Gasteiger partial charge on any atom is -0.378 e. The van der Waals surface area contributed by atoms with Crippen LogP contribution in [0.1, 0.15) is 41.4 Å². The maximum Gasteiger partial charge on any atom is 0.261 e. The number of H-pyrrole nitrogens is 1. The second-order valence-electron chi connectivity index (χ2n) is 8.81. The van der Waals surface area contributed by atoms with Gasteiger partial charge in [0.25, 0.3) is 5.91 Å². The van der Waals surface area contributed by atoms with Crippen molar-refractivity contribution in [3.05, 3.63) is 65.2 Å². The molecule has 1 amide bonds. The highest BCUT2D eigenvalue weighted by molar-refractivity contribution is 7.20. The Morgan fingerprint density at radius 3 is 2.88 bits per heavy atom. The fourth-order valence-electron chi connectivity index (χ4n) is 4.65. The summed E-state index contributed by atoms with van der Waals surface area (Å²) in [4.78, 5) is 19.7. The number of hydrogen-bond donors (Lipinski definition) is 2. The lowest BCUT2D eigenvalue weighted by Crippen LogP contribution is -2.36. The highest BCUT2D eigenvalue weighted by Gasteiger charge is 2.19. The van der Waals surface area contributed by atoms with E-state index in [0.29, 0.717) is 0 Å². The van der Waals surface area contributed by atoms with Gasteiger partial charge in [0.15, 0.2) is 0 Å². The third kappa shape index (κ3) is 4.92. The average Bonchev–Trinajstić information content (AvgIpc) is 3.47. The van der Waals surface area contributed by atoms with Gasteiger partial charge in [-0.3, -0.25) is 4.79 Å². The summed E-state index contributed by atoms with van der Waals surface area (Å²) in [6.45, 7) is 5.56. The molecule has 33 heavy (non-hydrogen) atoms. The van der Waals surface area contributed by atoms with Gasteiger partial charge in [0.1, 0.15) is 0 Å². The summed E-state index contributed by atoms with van der Waals surface area (Å²) >= 11 is 1.58. The number of aromatic nitrogens is 1. The second-order valence-corrected chi connectivity index (χ2v) is 9.89. The summed E-state index contributed by atoms with van der Waals surface area (Å²) < 4.78 is 6.63. The zero-order valence-electron chi connectivity index (χ0n) is 19.1. The van der Waals surface area contributed by atoms with Gasteiger partial charge in [-0.2, -0.15) is 0 Å². The van der Waals surface area contributed by atoms with Crippen molar-refractivity contribution in [3.63, 3.8) is 0 Å². The molecule has 1 atom stereocenters. The monoisotopic (exact) mass is 461 g/mol. The molecule has 4 aromatic rings. The predicted octanol–water partition coefficient (Wildman–Crippen LogP) is 5.75. The molecule has 1 fully saturated rings. The SMILES string of the molecule is CCCCC(Cc1c[nH]c2ccccc12)NC(=O)c1cc2ccc(N3CCOCC3)cc2s1. The van der Waals surface area contributed by atoms with Crippen LogP contribution in [0.4, 0.5) is 5.69 Å². The molecule has 6 heteroatoms. The Morgan fingerprint density at radius 1 is 1.18 bits per heavy atom. The van der Waals surface area contributed by atoms with E-state index in [9.17, 15) is 4.79 Å². The molecule has 1 saturated heterocycles. The van der Waals surface area contributed by atoms with Crippen LogP contribution in [-0.2, 0) is 11.2 Å². The van der Waals surface area contributed by atoms with Gasteiger partial charge in [0.05, 0.1) is 18.1 Å². The molecule has 0 bridgehead atoms. The molecule has 1 aliphatic rings. The molecule has 3 heterocycles. The first-order valence-corrected chi connectivity index (χ1v) is 12.7. The molecule has 1 aliphatic heterocycles. The van der Waals surface area contributed by atoms with Crippen molar-refractivity contribution in [3.8, 4) is 0 Å². The van der Waals surface area contributed by atoms with Crippen molar-refractivity contribution in [2.24, 2.45) is 0 Å². The van der Waals surface area contributed by atoms with Crippen LogP contribution in [-0.4, -0.2) is 43.2 Å². The Morgan fingerprint density at radius 2 is 2.03 bits per heavy atom. The van der Waals surface area contributed by atoms with Crippen molar-refractivity contribution in [1.29, 1.82) is 0 Å². The summed E-state index contributed by atoms with van der Waals surface area (Å²) in [5.74, 6) is 0.0325. The van der Waals surface area contributed by atoms with Gasteiger partial charge in [-0.1, -0.05) is 44.0 Å². The first kappa shape index (κ1) is 22.0. The van der Waals surface area contributed by atoms with Gasteiger partial charge >= 0.3 is 0 Å². The van der Waals surface area contributed by atoms with Gasteiger partial charge in [-0.25, -0.2) is 0 Å². The largest absolute Gasteiger partial charge is 0.378 e. The van der Waals surface area contributed by atoms with Crippen LogP contribution in [0.2, 0.25) is 0 Å². The fraction of sp³-hybridized carbons (Fsp3) is 0.370. The normalized spacial score (nSPS) is 15.2. The van der Waals surface area contributed by atoms with Crippen molar-refractivity contribution in [2.75, 3.05) is 31.2 Å². The third-order valence-electron chi connectivity index (χ3n) is 6.49. The molecule has 0 aliphatic carbocycles. The average molecular weight is 462 g/mol. The Labute approximate surface area is 198 Å². The molecular weight excluding hydrogens is 430 g/mol. The lowest BCUT2D eigenvalue weighted by atomic mass is 10.0. The van der Waals surface area contributed by atoms with E-state index in [1.165, 1.54) is 16.6 Å². The number of nitrogens with one attached hydrogen (secondary N) is 2. The van der Waals surface area contributed by atoms with E-state index in [0.717, 1.165) is 72.5 Å². The van der Waals surface area contributed by atoms with Crippen LogP contribution in [0.3, 0.4) is 0 Å². The summed E-state index contributed by atoms with van der Waals surface area (Å²) in [5.41, 5.74) is 3.62. The Kier molecular flexibility index (Phi) is 6.65. The van der Waals surface area contributed by atoms with Gasteiger partial charge < -0.3 is 19.9 Å². The third-order valence-corrected chi connectivity index (χ3v) is 7.58. The number of rotatable bonds is 8. The van der Waals surface area contributed by atoms with E-state index in [4.69, 9.17) is 4.74 Å². The van der Waals surface area contributed by atoms with E-state index in [1.807, 2.05) is 12.1 Å². The standard InChI is InChI=1S/C27H31N3O2S/c1-2-3-6-21(15-20-18-28-24-8-5-4-7-23(20)24)29-27(31)26-16-19-9-10-22(17-25(19)33-26)30-11-13-32-14-12-30/h4-5,7-10,16-18,21,28H,2-3,6,11-15H2,1H3,(H,29,31). The molecule has 0 spiro atoms. The minimum atomic E-state index is 0.0325. The number of para-hydroxylation sites is 1. The molecule has 0 radical (unpaired) electrons. The van der Waals surface area contributed by atoms with Gasteiger partial charge in [-0.15, -0.1) is 11.3 Å². The highest BCUT2D eigenvalue weighted by atomic mass is 32.1. The number of anilines is 1. The number of carbonyl (C=O) groups excluding carboxylic acids is 1. The van der Waals surface area contributed by atoms with Crippen LogP contribution in [0.5, 0.6) is 0 Å². The quantitative estimate of drug-likeness (QED) is 0.351. The van der Waals surface area contributed by atoms with E-state index in [2.05, 4.69) is 64.7 Å². The summed E-state index contributed by atoms with van der Waals surface area (Å²) in [6, 6.07) is 17.0. The summed E-state index contributed by atoms with van der Waals surface area (Å²) in [7, 11) is 0. The van der Waals surface area contributed by atoms with Crippen LogP contribution in [0, 0.1) is 0 Å². The molecule has 1 unspecified atom stereocenters. The zero-order valence-corrected chi connectivity index (χ0v) is 19.9. The summed E-state index contributed by atoms with van der Waals surface area (Å²) in [5, 5.41) is 5.71. The number of ether oxygens (including phenoxy) is 1. The van der Waals surface area contributed by atoms with Crippen molar-refractivity contribution in [2.45, 2.75) is 38.6 Å². The lowest BCUT2D eigenvalue weighted by molar-refractivity contribution is 0.0938. The molecule has 172 valence electrons. The second kappa shape index (κ2) is 9.98. The lowest BCUT2D eigenvalue weighted by Gasteiger charge is -2.28. The number of thiophene rings is 1. The van der Waals surface area contributed by atoms with E-state index >= 15 is 0 Å². The predicted molar refractivity (Wildman–Crippen MR) is 138 cm³/mol. The number of aromatic amines is 1. The highest BCUT2D eigenvalue weighted by Crippen LogP contribution is 2.30. The van der Waals surface area contributed by atoms with Crippen molar-refractivity contribution in [1.82, 2.24) is 10.3 Å². The Hall–Kier alpha value is -2.83. The van der Waals surface area contributed by atoms with E-state index in [1.54, 1.807) is 11.3 Å². The first-order chi connectivity index (χ1) is 16.2. The van der Waals surface area contributed by atoms with Crippen molar-refractivity contribution >= 4 is 43.9 Å². The Balaban J connectivity index is 1.33. The maximum absolute atomic E-state index is 13.2. The summed E-state index contributed by atoms with van der Waals surface area (Å²) in [6.07, 6.45) is 6.12. The molecule has 2 aromatic carbocycles.